The van der Waals surface area contributed by atoms with E-state index in [0.29, 0.717) is 0 Å². The third-order valence-electron chi connectivity index (χ3n) is 2.26. The Labute approximate surface area is 108 Å². The lowest BCUT2D eigenvalue weighted by molar-refractivity contribution is 0.928. The highest BCUT2D eigenvalue weighted by atomic mass is 14.9. The van der Waals surface area contributed by atoms with E-state index in [9.17, 15) is 0 Å². The van der Waals surface area contributed by atoms with Crippen molar-refractivity contribution in [2.45, 2.75) is 13.8 Å². The fraction of sp³-hybridized carbons (Fsp3) is 0.200. The molecule has 0 spiro atoms. The zero-order valence-corrected chi connectivity index (χ0v) is 11.2. The standard InChI is InChI=1S/3C5H7N/c1-5-2-3-6-4-5;1-6-4-2-3-5-6;1-5-3-2-4-6-5/h2-4,6H,1H3;2-5H,1H3;2-4,6H,1H3. The molecule has 3 rings (SSSR count). The molecule has 0 aromatic carbocycles. The number of nitrogens with one attached hydrogen (secondary N) is 2. The minimum absolute atomic E-state index is 1.22. The second kappa shape index (κ2) is 8.01. The number of aryl methyl sites for hydroxylation is 3. The molecular formula is C15H21N3. The van der Waals surface area contributed by atoms with Crippen LogP contribution in [0.25, 0.3) is 0 Å². The number of H-pyrrole nitrogens is 2. The van der Waals surface area contributed by atoms with Crippen LogP contribution in [0.4, 0.5) is 0 Å². The van der Waals surface area contributed by atoms with Crippen molar-refractivity contribution < 1.29 is 0 Å². The van der Waals surface area contributed by atoms with Crippen LogP contribution in [0.1, 0.15) is 11.3 Å². The zero-order chi connectivity index (χ0) is 13.2. The molecule has 0 fully saturated rings. The molecule has 3 nitrogen and oxygen atoms in total. The highest BCUT2D eigenvalue weighted by molar-refractivity contribution is 5.04. The molecule has 0 aliphatic rings. The molecule has 2 N–H and O–H groups in total. The van der Waals surface area contributed by atoms with Crippen LogP contribution in [-0.2, 0) is 7.05 Å². The number of nitrogens with zero attached hydrogens (tertiary/aromatic N) is 1. The first kappa shape index (κ1) is 13.9. The van der Waals surface area contributed by atoms with Crippen molar-refractivity contribution in [3.05, 3.63) is 72.6 Å². The molecule has 0 aliphatic carbocycles. The van der Waals surface area contributed by atoms with Gasteiger partial charge in [0.1, 0.15) is 0 Å². The van der Waals surface area contributed by atoms with Crippen molar-refractivity contribution in [1.29, 1.82) is 0 Å². The Balaban J connectivity index is 0.000000135. The maximum Gasteiger partial charge on any atom is 0.0115 e. The first-order chi connectivity index (χ1) is 8.68. The molecule has 0 aliphatic heterocycles. The SMILES string of the molecule is Cc1cc[nH]c1.Cc1ccc[nH]1.Cn1cccc1. The van der Waals surface area contributed by atoms with E-state index >= 15 is 0 Å². The van der Waals surface area contributed by atoms with Crippen molar-refractivity contribution >= 4 is 0 Å². The van der Waals surface area contributed by atoms with Gasteiger partial charge < -0.3 is 14.5 Å². The highest BCUT2D eigenvalue weighted by Crippen LogP contribution is 1.88. The fourth-order valence-electron chi connectivity index (χ4n) is 1.25. The zero-order valence-electron chi connectivity index (χ0n) is 11.2. The van der Waals surface area contributed by atoms with E-state index in [4.69, 9.17) is 0 Å². The molecule has 0 saturated carbocycles. The molecule has 0 bridgehead atoms. The Bertz CT molecular complexity index is 399. The summed E-state index contributed by atoms with van der Waals surface area (Å²) in [5.74, 6) is 0. The van der Waals surface area contributed by atoms with Gasteiger partial charge in [0.2, 0.25) is 0 Å². The lowest BCUT2D eigenvalue weighted by atomic mass is 10.4. The molecule has 0 radical (unpaired) electrons. The van der Waals surface area contributed by atoms with Crippen LogP contribution in [0.5, 0.6) is 0 Å². The topological polar surface area (TPSA) is 36.5 Å². The number of hydrogen-bond acceptors (Lipinski definition) is 0. The summed E-state index contributed by atoms with van der Waals surface area (Å²) in [7, 11) is 2.00. The molecule has 96 valence electrons. The molecule has 0 unspecified atom stereocenters. The summed E-state index contributed by atoms with van der Waals surface area (Å²) < 4.78 is 2.00. The Kier molecular flexibility index (Phi) is 6.19. The highest BCUT2D eigenvalue weighted by Gasteiger charge is 1.73. The normalized spacial score (nSPS) is 8.83. The largest absolute Gasteiger partial charge is 0.367 e. The minimum Gasteiger partial charge on any atom is -0.367 e. The predicted octanol–water partition coefficient (Wildman–Crippen LogP) is 3.67. The van der Waals surface area contributed by atoms with Crippen LogP contribution in [0.3, 0.4) is 0 Å². The Morgan fingerprint density at radius 1 is 0.944 bits per heavy atom. The van der Waals surface area contributed by atoms with Gasteiger partial charge in [-0.1, -0.05) is 0 Å². The van der Waals surface area contributed by atoms with Crippen LogP contribution in [0.2, 0.25) is 0 Å². The van der Waals surface area contributed by atoms with Gasteiger partial charge in [-0.05, 0) is 49.7 Å². The van der Waals surface area contributed by atoms with E-state index in [0.717, 1.165) is 0 Å². The first-order valence-electron chi connectivity index (χ1n) is 5.95. The van der Waals surface area contributed by atoms with Gasteiger partial charge in [-0.3, -0.25) is 0 Å². The van der Waals surface area contributed by atoms with Crippen molar-refractivity contribution in [2.75, 3.05) is 0 Å². The molecule has 18 heavy (non-hydrogen) atoms. The predicted molar refractivity (Wildman–Crippen MR) is 76.5 cm³/mol. The van der Waals surface area contributed by atoms with Gasteiger partial charge in [0.05, 0.1) is 0 Å². The molecule has 0 saturated heterocycles. The van der Waals surface area contributed by atoms with Gasteiger partial charge >= 0.3 is 0 Å². The second-order valence-corrected chi connectivity index (χ2v) is 4.09. The molecule has 3 heterocycles. The summed E-state index contributed by atoms with van der Waals surface area (Å²) in [6, 6.07) is 10.0. The summed E-state index contributed by atoms with van der Waals surface area (Å²) in [6.45, 7) is 4.08. The van der Waals surface area contributed by atoms with Gasteiger partial charge in [0, 0.05) is 43.7 Å². The Hall–Kier alpha value is -2.16. The Morgan fingerprint density at radius 2 is 1.67 bits per heavy atom. The average molecular weight is 243 g/mol. The molecule has 3 heteroatoms. The quantitative estimate of drug-likeness (QED) is 0.604. The van der Waals surface area contributed by atoms with E-state index in [1.807, 2.05) is 79.9 Å². The molecule has 0 amide bonds. The van der Waals surface area contributed by atoms with Crippen LogP contribution in [0, 0.1) is 13.8 Å². The van der Waals surface area contributed by atoms with E-state index in [1.54, 1.807) is 0 Å². The lowest BCUT2D eigenvalue weighted by Crippen LogP contribution is -1.75. The van der Waals surface area contributed by atoms with Gasteiger partial charge in [0.25, 0.3) is 0 Å². The maximum absolute atomic E-state index is 3.00. The number of hydrogen-bond donors (Lipinski definition) is 2. The van der Waals surface area contributed by atoms with Crippen LogP contribution < -0.4 is 0 Å². The number of aromatic amines is 2. The fourth-order valence-corrected chi connectivity index (χ4v) is 1.25. The van der Waals surface area contributed by atoms with Gasteiger partial charge in [-0.25, -0.2) is 0 Å². The van der Waals surface area contributed by atoms with Crippen molar-refractivity contribution in [3.8, 4) is 0 Å². The summed E-state index contributed by atoms with van der Waals surface area (Å²) in [5, 5.41) is 0. The van der Waals surface area contributed by atoms with Crippen molar-refractivity contribution in [2.24, 2.45) is 7.05 Å². The summed E-state index contributed by atoms with van der Waals surface area (Å²) >= 11 is 0. The van der Waals surface area contributed by atoms with Crippen molar-refractivity contribution in [1.82, 2.24) is 14.5 Å². The third-order valence-corrected chi connectivity index (χ3v) is 2.26. The van der Waals surface area contributed by atoms with E-state index < -0.39 is 0 Å². The monoisotopic (exact) mass is 243 g/mol. The van der Waals surface area contributed by atoms with Crippen LogP contribution >= 0.6 is 0 Å². The summed E-state index contributed by atoms with van der Waals surface area (Å²) in [6.07, 6.45) is 9.78. The number of aromatic nitrogens is 3. The summed E-state index contributed by atoms with van der Waals surface area (Å²) in [4.78, 5) is 5.93. The number of rotatable bonds is 0. The molecule has 3 aromatic heterocycles. The van der Waals surface area contributed by atoms with E-state index in [1.165, 1.54) is 11.3 Å². The summed E-state index contributed by atoms with van der Waals surface area (Å²) in [5.41, 5.74) is 2.50. The molecular weight excluding hydrogens is 222 g/mol. The average Bonchev–Trinajstić information content (AvgIpc) is 3.05. The molecule has 0 atom stereocenters. The van der Waals surface area contributed by atoms with Crippen molar-refractivity contribution in [3.63, 3.8) is 0 Å². The maximum atomic E-state index is 3.00. The van der Waals surface area contributed by atoms with Gasteiger partial charge in [-0.15, -0.1) is 0 Å². The second-order valence-electron chi connectivity index (χ2n) is 4.09. The first-order valence-corrected chi connectivity index (χ1v) is 5.95. The van der Waals surface area contributed by atoms with Crippen LogP contribution in [0.15, 0.2) is 61.3 Å². The third kappa shape index (κ3) is 6.43. The lowest BCUT2D eigenvalue weighted by Gasteiger charge is -1.79. The molecule has 3 aromatic rings. The van der Waals surface area contributed by atoms with Crippen LogP contribution in [-0.4, -0.2) is 14.5 Å². The van der Waals surface area contributed by atoms with E-state index in [-0.39, 0.29) is 0 Å². The minimum atomic E-state index is 1.22. The van der Waals surface area contributed by atoms with E-state index in [2.05, 4.69) is 16.9 Å². The Morgan fingerprint density at radius 3 is 1.83 bits per heavy atom. The smallest absolute Gasteiger partial charge is 0.0115 e. The van der Waals surface area contributed by atoms with Gasteiger partial charge in [-0.2, -0.15) is 0 Å². The van der Waals surface area contributed by atoms with Gasteiger partial charge in [0.15, 0.2) is 0 Å².